The molecule has 1 saturated heterocycles. The third kappa shape index (κ3) is 4.42. The van der Waals surface area contributed by atoms with E-state index in [2.05, 4.69) is 10.6 Å². The van der Waals surface area contributed by atoms with Gasteiger partial charge < -0.3 is 15.4 Å². The predicted molar refractivity (Wildman–Crippen MR) is 116 cm³/mol. The Labute approximate surface area is 181 Å². The van der Waals surface area contributed by atoms with E-state index in [-0.39, 0.29) is 23.3 Å². The molecule has 0 saturated carbocycles. The van der Waals surface area contributed by atoms with Crippen molar-refractivity contribution >= 4 is 33.2 Å². The van der Waals surface area contributed by atoms with Crippen molar-refractivity contribution in [2.45, 2.75) is 37.7 Å². The molecule has 4 rings (SSSR count). The van der Waals surface area contributed by atoms with Crippen molar-refractivity contribution in [3.8, 4) is 5.75 Å². The van der Waals surface area contributed by atoms with Gasteiger partial charge in [0.15, 0.2) is 6.10 Å². The van der Waals surface area contributed by atoms with E-state index in [1.807, 2.05) is 31.2 Å². The van der Waals surface area contributed by atoms with Crippen LogP contribution in [-0.4, -0.2) is 43.7 Å². The number of benzene rings is 2. The third-order valence-corrected chi connectivity index (χ3v) is 7.45. The zero-order chi connectivity index (χ0) is 22.2. The van der Waals surface area contributed by atoms with Gasteiger partial charge in [-0.25, -0.2) is 8.42 Å². The predicted octanol–water partition coefficient (Wildman–Crippen LogP) is 2.75. The van der Waals surface area contributed by atoms with Crippen molar-refractivity contribution < 1.29 is 22.7 Å². The average molecular weight is 444 g/mol. The van der Waals surface area contributed by atoms with Gasteiger partial charge in [0.05, 0.1) is 16.5 Å². The van der Waals surface area contributed by atoms with Gasteiger partial charge >= 0.3 is 0 Å². The zero-order valence-electron chi connectivity index (χ0n) is 17.4. The van der Waals surface area contributed by atoms with Crippen molar-refractivity contribution in [1.29, 1.82) is 0 Å². The van der Waals surface area contributed by atoms with Crippen LogP contribution in [0.2, 0.25) is 0 Å². The average Bonchev–Trinajstić information content (AvgIpc) is 2.76. The van der Waals surface area contributed by atoms with Crippen molar-refractivity contribution in [3.63, 3.8) is 0 Å². The summed E-state index contributed by atoms with van der Waals surface area (Å²) in [7, 11) is -3.82. The number of rotatable bonds is 4. The first kappa shape index (κ1) is 21.3. The van der Waals surface area contributed by atoms with Crippen LogP contribution < -0.4 is 15.4 Å². The molecule has 2 N–H and O–H groups in total. The number of anilines is 2. The van der Waals surface area contributed by atoms with Crippen LogP contribution in [0.25, 0.3) is 0 Å². The van der Waals surface area contributed by atoms with E-state index in [9.17, 15) is 18.0 Å². The number of sulfonamides is 1. The number of hydrogen-bond donors (Lipinski definition) is 2. The first-order valence-electron chi connectivity index (χ1n) is 10.2. The Morgan fingerprint density at radius 3 is 2.68 bits per heavy atom. The van der Waals surface area contributed by atoms with Crippen LogP contribution in [-0.2, 0) is 19.6 Å². The normalized spacial score (nSPS) is 21.5. The smallest absolute Gasteiger partial charge is 0.265 e. The van der Waals surface area contributed by atoms with Crippen LogP contribution in [0, 0.1) is 12.8 Å². The lowest BCUT2D eigenvalue weighted by atomic mass is 9.98. The van der Waals surface area contributed by atoms with Crippen molar-refractivity contribution in [3.05, 3.63) is 48.0 Å². The van der Waals surface area contributed by atoms with Crippen LogP contribution in [0.5, 0.6) is 5.75 Å². The Kier molecular flexibility index (Phi) is 5.72. The number of carbonyl (C=O) groups excluding carboxylic acids is 2. The van der Waals surface area contributed by atoms with Gasteiger partial charge in [0, 0.05) is 18.8 Å². The molecule has 2 aromatic rings. The Morgan fingerprint density at radius 1 is 1.19 bits per heavy atom. The number of aryl methyl sites for hydroxylation is 1. The molecule has 0 aromatic heterocycles. The second-order valence-electron chi connectivity index (χ2n) is 7.96. The standard InChI is InChI=1S/C22H25N3O5S/c1-14-5-7-17(8-6-14)23-22(27)16-4-3-11-25(13-16)31(28,29)18-9-10-20-19(12-18)24-21(26)15(2)30-20/h5-10,12,15-16H,3-4,11,13H2,1-2H3,(H,23,27)(H,24,26)/t15-,16+/m0/s1. The van der Waals surface area contributed by atoms with E-state index < -0.39 is 22.0 Å². The van der Waals surface area contributed by atoms with Gasteiger partial charge in [-0.2, -0.15) is 4.31 Å². The summed E-state index contributed by atoms with van der Waals surface area (Å²) in [5.74, 6) is -0.525. The zero-order valence-corrected chi connectivity index (χ0v) is 18.2. The van der Waals surface area contributed by atoms with Crippen molar-refractivity contribution in [2.75, 3.05) is 23.7 Å². The summed E-state index contributed by atoms with van der Waals surface area (Å²) in [6.07, 6.45) is 0.577. The molecule has 2 atom stereocenters. The monoisotopic (exact) mass is 443 g/mol. The van der Waals surface area contributed by atoms with E-state index in [4.69, 9.17) is 4.74 Å². The third-order valence-electron chi connectivity index (χ3n) is 5.59. The van der Waals surface area contributed by atoms with Crippen LogP contribution in [0.4, 0.5) is 11.4 Å². The SMILES string of the molecule is Cc1ccc(NC(=O)[C@@H]2CCCN(S(=O)(=O)c3ccc4c(c3)NC(=O)[C@H](C)O4)C2)cc1. The number of carbonyl (C=O) groups is 2. The number of piperidine rings is 1. The number of fused-ring (bicyclic) bond motifs is 1. The second-order valence-corrected chi connectivity index (χ2v) is 9.90. The molecule has 0 aliphatic carbocycles. The van der Waals surface area contributed by atoms with E-state index in [1.165, 1.54) is 16.4 Å². The van der Waals surface area contributed by atoms with Gasteiger partial charge in [-0.1, -0.05) is 17.7 Å². The molecule has 0 radical (unpaired) electrons. The molecule has 0 bridgehead atoms. The fraction of sp³-hybridized carbons (Fsp3) is 0.364. The van der Waals surface area contributed by atoms with Gasteiger partial charge in [0.2, 0.25) is 15.9 Å². The highest BCUT2D eigenvalue weighted by Gasteiger charge is 2.34. The molecule has 2 aromatic carbocycles. The highest BCUT2D eigenvalue weighted by molar-refractivity contribution is 7.89. The summed E-state index contributed by atoms with van der Waals surface area (Å²) in [6, 6.07) is 11.9. The minimum atomic E-state index is -3.82. The van der Waals surface area contributed by atoms with E-state index in [0.29, 0.717) is 36.5 Å². The minimum absolute atomic E-state index is 0.0595. The largest absolute Gasteiger partial charge is 0.479 e. The van der Waals surface area contributed by atoms with Crippen LogP contribution in [0.3, 0.4) is 0 Å². The Balaban J connectivity index is 1.49. The van der Waals surface area contributed by atoms with Gasteiger partial charge in [-0.15, -0.1) is 0 Å². The molecule has 31 heavy (non-hydrogen) atoms. The summed E-state index contributed by atoms with van der Waals surface area (Å²) >= 11 is 0. The Hall–Kier alpha value is -2.91. The molecule has 2 heterocycles. The Morgan fingerprint density at radius 2 is 1.94 bits per heavy atom. The molecule has 2 amide bonds. The van der Waals surface area contributed by atoms with E-state index in [1.54, 1.807) is 13.0 Å². The maximum Gasteiger partial charge on any atom is 0.265 e. The highest BCUT2D eigenvalue weighted by Crippen LogP contribution is 2.33. The maximum absolute atomic E-state index is 13.2. The summed E-state index contributed by atoms with van der Waals surface area (Å²) in [4.78, 5) is 24.6. The first-order valence-corrected chi connectivity index (χ1v) is 11.7. The fourth-order valence-corrected chi connectivity index (χ4v) is 5.30. The maximum atomic E-state index is 13.2. The number of ether oxygens (including phenoxy) is 1. The summed E-state index contributed by atoms with van der Waals surface area (Å²) in [6.45, 7) is 4.04. The summed E-state index contributed by atoms with van der Waals surface area (Å²) in [5, 5.41) is 5.55. The molecule has 2 aliphatic rings. The lowest BCUT2D eigenvalue weighted by Gasteiger charge is -2.31. The Bertz CT molecular complexity index is 1110. The fourth-order valence-electron chi connectivity index (χ4n) is 3.75. The lowest BCUT2D eigenvalue weighted by molar-refractivity contribution is -0.123. The molecular weight excluding hydrogens is 418 g/mol. The van der Waals surface area contributed by atoms with Crippen LogP contribution in [0.1, 0.15) is 25.3 Å². The second kappa shape index (κ2) is 8.32. The van der Waals surface area contributed by atoms with Gasteiger partial charge in [-0.05, 0) is 57.0 Å². The van der Waals surface area contributed by atoms with Crippen LogP contribution in [0.15, 0.2) is 47.4 Å². The topological polar surface area (TPSA) is 105 Å². The molecule has 0 spiro atoms. The molecule has 0 unspecified atom stereocenters. The first-order chi connectivity index (χ1) is 14.7. The quantitative estimate of drug-likeness (QED) is 0.756. The van der Waals surface area contributed by atoms with Gasteiger partial charge in [0.25, 0.3) is 5.91 Å². The molecule has 2 aliphatic heterocycles. The molecular formula is C22H25N3O5S. The number of hydrogen-bond acceptors (Lipinski definition) is 5. The minimum Gasteiger partial charge on any atom is -0.479 e. The lowest BCUT2D eigenvalue weighted by Crippen LogP contribution is -2.43. The van der Waals surface area contributed by atoms with Gasteiger partial charge in [-0.3, -0.25) is 9.59 Å². The van der Waals surface area contributed by atoms with E-state index in [0.717, 1.165) is 5.56 Å². The summed E-state index contributed by atoms with van der Waals surface area (Å²) < 4.78 is 33.3. The summed E-state index contributed by atoms with van der Waals surface area (Å²) in [5.41, 5.74) is 2.11. The van der Waals surface area contributed by atoms with E-state index >= 15 is 0 Å². The molecule has 9 heteroatoms. The molecule has 164 valence electrons. The number of amides is 2. The van der Waals surface area contributed by atoms with Gasteiger partial charge in [0.1, 0.15) is 5.75 Å². The number of nitrogens with one attached hydrogen (secondary N) is 2. The molecule has 8 nitrogen and oxygen atoms in total. The molecule has 1 fully saturated rings. The highest BCUT2D eigenvalue weighted by atomic mass is 32.2. The number of nitrogens with zero attached hydrogens (tertiary/aromatic N) is 1. The van der Waals surface area contributed by atoms with Crippen LogP contribution >= 0.6 is 0 Å². The van der Waals surface area contributed by atoms with Crippen molar-refractivity contribution in [1.82, 2.24) is 4.31 Å². The van der Waals surface area contributed by atoms with Crippen molar-refractivity contribution in [2.24, 2.45) is 5.92 Å².